The molecule has 0 bridgehead atoms. The molecule has 2 rings (SSSR count). The van der Waals surface area contributed by atoms with Crippen molar-refractivity contribution in [3.8, 4) is 11.5 Å². The largest absolute Gasteiger partial charge is 0.493 e. The van der Waals surface area contributed by atoms with Crippen molar-refractivity contribution in [2.24, 2.45) is 0 Å². The van der Waals surface area contributed by atoms with Gasteiger partial charge in [-0.3, -0.25) is 0 Å². The van der Waals surface area contributed by atoms with Gasteiger partial charge in [0.05, 0.1) is 14.2 Å². The summed E-state index contributed by atoms with van der Waals surface area (Å²) >= 11 is 0. The average Bonchev–Trinajstić information content (AvgIpc) is 2.36. The van der Waals surface area contributed by atoms with Crippen LogP contribution in [0.4, 0.5) is 0 Å². The SMILES string of the molecule is COc1cc2ccc(C(C)C)cc2cc1OC. The van der Waals surface area contributed by atoms with Gasteiger partial charge in [0.1, 0.15) is 0 Å². The minimum Gasteiger partial charge on any atom is -0.493 e. The van der Waals surface area contributed by atoms with E-state index in [0.717, 1.165) is 11.5 Å². The van der Waals surface area contributed by atoms with E-state index in [1.807, 2.05) is 12.1 Å². The summed E-state index contributed by atoms with van der Waals surface area (Å²) in [7, 11) is 3.32. The lowest BCUT2D eigenvalue weighted by atomic mass is 9.99. The normalized spacial score (nSPS) is 10.9. The van der Waals surface area contributed by atoms with E-state index in [1.165, 1.54) is 16.3 Å². The van der Waals surface area contributed by atoms with Crippen LogP contribution in [0.1, 0.15) is 25.3 Å². The van der Waals surface area contributed by atoms with Crippen LogP contribution < -0.4 is 9.47 Å². The lowest BCUT2D eigenvalue weighted by Gasteiger charge is -2.11. The third-order valence-electron chi connectivity index (χ3n) is 3.03. The molecule has 0 heterocycles. The quantitative estimate of drug-likeness (QED) is 0.794. The summed E-state index contributed by atoms with van der Waals surface area (Å²) in [5.74, 6) is 2.09. The van der Waals surface area contributed by atoms with E-state index in [2.05, 4.69) is 32.0 Å². The van der Waals surface area contributed by atoms with Crippen LogP contribution in [0.5, 0.6) is 11.5 Å². The summed E-state index contributed by atoms with van der Waals surface area (Å²) in [6.45, 7) is 4.39. The Morgan fingerprint density at radius 3 is 1.94 bits per heavy atom. The molecule has 0 saturated carbocycles. The lowest BCUT2D eigenvalue weighted by Crippen LogP contribution is -1.92. The molecule has 2 aromatic carbocycles. The fourth-order valence-corrected chi connectivity index (χ4v) is 1.95. The van der Waals surface area contributed by atoms with Crippen molar-refractivity contribution in [1.29, 1.82) is 0 Å². The van der Waals surface area contributed by atoms with Crippen LogP contribution in [0.2, 0.25) is 0 Å². The highest BCUT2D eigenvalue weighted by Crippen LogP contribution is 2.33. The first-order valence-corrected chi connectivity index (χ1v) is 5.81. The maximum Gasteiger partial charge on any atom is 0.161 e. The molecule has 0 fully saturated rings. The monoisotopic (exact) mass is 230 g/mol. The molecule has 0 aliphatic rings. The zero-order chi connectivity index (χ0) is 12.4. The topological polar surface area (TPSA) is 18.5 Å². The van der Waals surface area contributed by atoms with Crippen LogP contribution in [-0.4, -0.2) is 14.2 Å². The molecule has 0 aliphatic heterocycles. The maximum atomic E-state index is 5.32. The highest BCUT2D eigenvalue weighted by molar-refractivity contribution is 5.86. The van der Waals surface area contributed by atoms with E-state index in [0.29, 0.717) is 5.92 Å². The minimum absolute atomic E-state index is 0.535. The number of rotatable bonds is 3. The Bertz CT molecular complexity index is 530. The van der Waals surface area contributed by atoms with Crippen LogP contribution in [0.3, 0.4) is 0 Å². The van der Waals surface area contributed by atoms with Crippen LogP contribution in [-0.2, 0) is 0 Å². The highest BCUT2D eigenvalue weighted by atomic mass is 16.5. The molecule has 2 heteroatoms. The van der Waals surface area contributed by atoms with Gasteiger partial charge < -0.3 is 9.47 Å². The third-order valence-corrected chi connectivity index (χ3v) is 3.03. The molecule has 0 unspecified atom stereocenters. The highest BCUT2D eigenvalue weighted by Gasteiger charge is 2.07. The summed E-state index contributed by atoms with van der Waals surface area (Å²) in [4.78, 5) is 0. The van der Waals surface area contributed by atoms with Crippen LogP contribution in [0.15, 0.2) is 30.3 Å². The number of ether oxygens (including phenoxy) is 2. The Balaban J connectivity index is 2.62. The molecule has 0 radical (unpaired) electrons. The first kappa shape index (κ1) is 11.8. The van der Waals surface area contributed by atoms with E-state index in [1.54, 1.807) is 14.2 Å². The standard InChI is InChI=1S/C15H18O2/c1-10(2)11-5-6-12-8-14(16-3)15(17-4)9-13(12)7-11/h5-10H,1-4H3. The Morgan fingerprint density at radius 1 is 0.824 bits per heavy atom. The molecule has 0 N–H and O–H groups in total. The molecule has 0 aliphatic carbocycles. The van der Waals surface area contributed by atoms with Crippen LogP contribution in [0.25, 0.3) is 10.8 Å². The fraction of sp³-hybridized carbons (Fsp3) is 0.333. The van der Waals surface area contributed by atoms with Gasteiger partial charge in [-0.25, -0.2) is 0 Å². The van der Waals surface area contributed by atoms with Gasteiger partial charge in [0.25, 0.3) is 0 Å². The lowest BCUT2D eigenvalue weighted by molar-refractivity contribution is 0.356. The van der Waals surface area contributed by atoms with Gasteiger partial charge in [0.2, 0.25) is 0 Å². The second-order valence-electron chi connectivity index (χ2n) is 4.47. The maximum absolute atomic E-state index is 5.32. The Hall–Kier alpha value is -1.70. The Labute approximate surface area is 102 Å². The summed E-state index contributed by atoms with van der Waals surface area (Å²) in [6.07, 6.45) is 0. The summed E-state index contributed by atoms with van der Waals surface area (Å²) in [5, 5.41) is 2.36. The fourth-order valence-electron chi connectivity index (χ4n) is 1.95. The molecule has 0 saturated heterocycles. The van der Waals surface area contributed by atoms with Gasteiger partial charge in [-0.05, 0) is 34.4 Å². The first-order valence-electron chi connectivity index (χ1n) is 5.81. The summed E-state index contributed by atoms with van der Waals surface area (Å²) in [6, 6.07) is 10.5. The zero-order valence-corrected chi connectivity index (χ0v) is 10.8. The van der Waals surface area contributed by atoms with Crippen molar-refractivity contribution in [3.63, 3.8) is 0 Å². The van der Waals surface area contributed by atoms with Gasteiger partial charge in [0.15, 0.2) is 11.5 Å². The molecule has 90 valence electrons. The molecule has 0 aromatic heterocycles. The molecule has 17 heavy (non-hydrogen) atoms. The van der Waals surface area contributed by atoms with Gasteiger partial charge in [-0.1, -0.05) is 32.0 Å². The van der Waals surface area contributed by atoms with Crippen LogP contribution >= 0.6 is 0 Å². The number of hydrogen-bond acceptors (Lipinski definition) is 2. The van der Waals surface area contributed by atoms with E-state index >= 15 is 0 Å². The molecule has 0 spiro atoms. The van der Waals surface area contributed by atoms with E-state index in [9.17, 15) is 0 Å². The van der Waals surface area contributed by atoms with E-state index in [-0.39, 0.29) is 0 Å². The van der Waals surface area contributed by atoms with Gasteiger partial charge in [-0.15, -0.1) is 0 Å². The smallest absolute Gasteiger partial charge is 0.161 e. The van der Waals surface area contributed by atoms with Crippen molar-refractivity contribution in [3.05, 3.63) is 35.9 Å². The average molecular weight is 230 g/mol. The number of methoxy groups -OCH3 is 2. The summed E-state index contributed by atoms with van der Waals surface area (Å²) < 4.78 is 10.6. The molecular weight excluding hydrogens is 212 g/mol. The number of hydrogen-bond donors (Lipinski definition) is 0. The molecule has 0 amide bonds. The van der Waals surface area contributed by atoms with Gasteiger partial charge in [0, 0.05) is 0 Å². The minimum atomic E-state index is 0.535. The van der Waals surface area contributed by atoms with Crippen molar-refractivity contribution in [2.75, 3.05) is 14.2 Å². The predicted molar refractivity (Wildman–Crippen MR) is 71.1 cm³/mol. The van der Waals surface area contributed by atoms with Crippen molar-refractivity contribution in [1.82, 2.24) is 0 Å². The molecule has 2 aromatic rings. The van der Waals surface area contributed by atoms with Crippen molar-refractivity contribution >= 4 is 10.8 Å². The zero-order valence-electron chi connectivity index (χ0n) is 10.8. The van der Waals surface area contributed by atoms with Gasteiger partial charge >= 0.3 is 0 Å². The third kappa shape index (κ3) is 2.21. The second kappa shape index (κ2) is 4.66. The Kier molecular flexibility index (Phi) is 3.23. The van der Waals surface area contributed by atoms with Gasteiger partial charge in [-0.2, -0.15) is 0 Å². The van der Waals surface area contributed by atoms with Crippen molar-refractivity contribution < 1.29 is 9.47 Å². The van der Waals surface area contributed by atoms with E-state index < -0.39 is 0 Å². The van der Waals surface area contributed by atoms with E-state index in [4.69, 9.17) is 9.47 Å². The number of benzene rings is 2. The summed E-state index contributed by atoms with van der Waals surface area (Å²) in [5.41, 5.74) is 1.34. The predicted octanol–water partition coefficient (Wildman–Crippen LogP) is 3.98. The molecular formula is C15H18O2. The Morgan fingerprint density at radius 2 is 1.41 bits per heavy atom. The number of fused-ring (bicyclic) bond motifs is 1. The molecule has 0 atom stereocenters. The molecule has 2 nitrogen and oxygen atoms in total. The van der Waals surface area contributed by atoms with Crippen LogP contribution in [0, 0.1) is 0 Å². The second-order valence-corrected chi connectivity index (χ2v) is 4.47. The first-order chi connectivity index (χ1) is 8.15. The van der Waals surface area contributed by atoms with Crippen molar-refractivity contribution in [2.45, 2.75) is 19.8 Å².